The van der Waals surface area contributed by atoms with E-state index in [2.05, 4.69) is 4.98 Å². The number of pyridine rings is 1. The quantitative estimate of drug-likeness (QED) is 0.509. The van der Waals surface area contributed by atoms with Gasteiger partial charge in [-0.3, -0.25) is 10.0 Å². The number of thiophene rings is 1. The van der Waals surface area contributed by atoms with Crippen molar-refractivity contribution >= 4 is 33.1 Å². The SMILES string of the molecule is C.O=C(NO)C1(S(=O)(=O)N2CCN(c3ccc(-c4cccs4)cn3)CC2)CCOCC1. The van der Waals surface area contributed by atoms with Gasteiger partial charge in [-0.2, -0.15) is 4.31 Å². The van der Waals surface area contributed by atoms with Crippen molar-refractivity contribution in [2.45, 2.75) is 25.0 Å². The fraction of sp³-hybridized carbons (Fsp3) is 0.500. The molecule has 2 saturated heterocycles. The fourth-order valence-electron chi connectivity index (χ4n) is 3.97. The van der Waals surface area contributed by atoms with Crippen LogP contribution in [0.25, 0.3) is 10.4 Å². The molecule has 11 heteroatoms. The third-order valence-electron chi connectivity index (χ3n) is 5.77. The summed E-state index contributed by atoms with van der Waals surface area (Å²) in [4.78, 5) is 20.1. The number of nitrogens with zero attached hydrogens (tertiary/aromatic N) is 3. The number of sulfonamides is 1. The fourth-order valence-corrected chi connectivity index (χ4v) is 6.79. The van der Waals surface area contributed by atoms with Crippen molar-refractivity contribution in [2.75, 3.05) is 44.3 Å². The zero-order chi connectivity index (χ0) is 21.2. The third-order valence-corrected chi connectivity index (χ3v) is 9.31. The summed E-state index contributed by atoms with van der Waals surface area (Å²) < 4.78 is 31.6. The standard InChI is InChI=1S/C19H24N4O5S2.CH4/c24-18(21-25)19(5-11-28-12-6-19)30(26,27)23-9-7-22(8-10-23)17-4-3-15(14-20-17)16-2-1-13-29-16;/h1-4,13-14,25H,5-12H2,(H,21,24);1H4. The predicted molar refractivity (Wildman–Crippen MR) is 120 cm³/mol. The number of hydrogen-bond acceptors (Lipinski definition) is 8. The molecule has 2 aliphatic heterocycles. The van der Waals surface area contributed by atoms with Crippen molar-refractivity contribution in [3.63, 3.8) is 0 Å². The third kappa shape index (κ3) is 4.33. The molecule has 0 radical (unpaired) electrons. The highest BCUT2D eigenvalue weighted by Crippen LogP contribution is 2.34. The maximum absolute atomic E-state index is 13.3. The van der Waals surface area contributed by atoms with E-state index in [4.69, 9.17) is 9.94 Å². The zero-order valence-electron chi connectivity index (χ0n) is 16.4. The van der Waals surface area contributed by atoms with Crippen molar-refractivity contribution < 1.29 is 23.2 Å². The summed E-state index contributed by atoms with van der Waals surface area (Å²) in [5.41, 5.74) is 2.60. The highest BCUT2D eigenvalue weighted by molar-refractivity contribution is 7.91. The first-order chi connectivity index (χ1) is 14.5. The molecule has 1 amide bonds. The molecule has 2 aromatic heterocycles. The Kier molecular flexibility index (Phi) is 7.32. The van der Waals surface area contributed by atoms with E-state index in [1.807, 2.05) is 40.7 Å². The van der Waals surface area contributed by atoms with Crippen LogP contribution in [0, 0.1) is 0 Å². The normalized spacial score (nSPS) is 19.5. The number of aromatic nitrogens is 1. The summed E-state index contributed by atoms with van der Waals surface area (Å²) in [7, 11) is -3.96. The minimum absolute atomic E-state index is 0. The molecule has 0 bridgehead atoms. The summed E-state index contributed by atoms with van der Waals surface area (Å²) in [5.74, 6) is -0.0969. The number of amides is 1. The number of carbonyl (C=O) groups excluding carboxylic acids is 1. The Labute approximate surface area is 186 Å². The van der Waals surface area contributed by atoms with Crippen LogP contribution in [-0.2, 0) is 19.6 Å². The van der Waals surface area contributed by atoms with E-state index in [0.717, 1.165) is 16.3 Å². The Balaban J connectivity index is 0.00000272. The van der Waals surface area contributed by atoms with Crippen LogP contribution in [0.4, 0.5) is 5.82 Å². The van der Waals surface area contributed by atoms with Gasteiger partial charge in [-0.1, -0.05) is 13.5 Å². The average molecular weight is 469 g/mol. The van der Waals surface area contributed by atoms with Crippen molar-refractivity contribution in [2.24, 2.45) is 0 Å². The van der Waals surface area contributed by atoms with Gasteiger partial charge in [0, 0.05) is 68.9 Å². The van der Waals surface area contributed by atoms with Crippen LogP contribution < -0.4 is 10.4 Å². The van der Waals surface area contributed by atoms with Gasteiger partial charge in [0.25, 0.3) is 5.91 Å². The van der Waals surface area contributed by atoms with E-state index < -0.39 is 20.7 Å². The molecular formula is C20H28N4O5S2. The Morgan fingerprint density at radius 2 is 1.87 bits per heavy atom. The molecule has 4 rings (SSSR count). The monoisotopic (exact) mass is 468 g/mol. The molecule has 4 heterocycles. The predicted octanol–water partition coefficient (Wildman–Crippen LogP) is 1.95. The van der Waals surface area contributed by atoms with Crippen LogP contribution in [-0.4, -0.2) is 73.0 Å². The van der Waals surface area contributed by atoms with E-state index in [-0.39, 0.29) is 46.6 Å². The lowest BCUT2D eigenvalue weighted by molar-refractivity contribution is -0.134. The zero-order valence-corrected chi connectivity index (χ0v) is 18.0. The maximum atomic E-state index is 13.3. The molecule has 0 aliphatic carbocycles. The molecule has 0 spiro atoms. The number of hydroxylamine groups is 1. The van der Waals surface area contributed by atoms with Crippen molar-refractivity contribution in [3.8, 4) is 10.4 Å². The first-order valence-electron chi connectivity index (χ1n) is 9.75. The second kappa shape index (κ2) is 9.61. The molecule has 170 valence electrons. The summed E-state index contributed by atoms with van der Waals surface area (Å²) in [6.07, 6.45) is 1.87. The van der Waals surface area contributed by atoms with E-state index in [1.165, 1.54) is 4.31 Å². The molecule has 0 atom stereocenters. The maximum Gasteiger partial charge on any atom is 0.266 e. The number of piperazine rings is 1. The first kappa shape index (κ1) is 23.6. The van der Waals surface area contributed by atoms with Gasteiger partial charge < -0.3 is 9.64 Å². The van der Waals surface area contributed by atoms with Gasteiger partial charge >= 0.3 is 0 Å². The van der Waals surface area contributed by atoms with Gasteiger partial charge in [0.1, 0.15) is 5.82 Å². The second-order valence-electron chi connectivity index (χ2n) is 7.32. The molecular weight excluding hydrogens is 440 g/mol. The lowest BCUT2D eigenvalue weighted by Crippen LogP contribution is -2.62. The molecule has 2 fully saturated rings. The summed E-state index contributed by atoms with van der Waals surface area (Å²) >= 11 is 1.65. The Morgan fingerprint density at radius 1 is 1.16 bits per heavy atom. The van der Waals surface area contributed by atoms with Gasteiger partial charge in [0.05, 0.1) is 0 Å². The highest BCUT2D eigenvalue weighted by atomic mass is 32.2. The minimum Gasteiger partial charge on any atom is -0.381 e. The highest BCUT2D eigenvalue weighted by Gasteiger charge is 2.54. The van der Waals surface area contributed by atoms with E-state index in [9.17, 15) is 13.2 Å². The van der Waals surface area contributed by atoms with E-state index in [1.54, 1.807) is 16.8 Å². The molecule has 0 saturated carbocycles. The van der Waals surface area contributed by atoms with Gasteiger partial charge in [-0.25, -0.2) is 18.9 Å². The molecule has 2 aliphatic rings. The average Bonchev–Trinajstić information content (AvgIpc) is 3.34. The second-order valence-corrected chi connectivity index (χ2v) is 10.5. The van der Waals surface area contributed by atoms with Crippen LogP contribution in [0.2, 0.25) is 0 Å². The van der Waals surface area contributed by atoms with Gasteiger partial charge in [-0.05, 0) is 23.6 Å². The van der Waals surface area contributed by atoms with Gasteiger partial charge in [0.2, 0.25) is 10.0 Å². The summed E-state index contributed by atoms with van der Waals surface area (Å²) in [6.45, 7) is 1.76. The Bertz CT molecular complexity index is 966. The number of ether oxygens (including phenoxy) is 1. The molecule has 9 nitrogen and oxygen atoms in total. The lowest BCUT2D eigenvalue weighted by Gasteiger charge is -2.41. The van der Waals surface area contributed by atoms with Crippen LogP contribution in [0.15, 0.2) is 35.8 Å². The van der Waals surface area contributed by atoms with E-state index in [0.29, 0.717) is 13.1 Å². The summed E-state index contributed by atoms with van der Waals surface area (Å²) in [6, 6.07) is 7.99. The number of nitrogens with one attached hydrogen (secondary N) is 1. The smallest absolute Gasteiger partial charge is 0.266 e. The lowest BCUT2D eigenvalue weighted by atomic mass is 9.98. The molecule has 2 aromatic rings. The van der Waals surface area contributed by atoms with Crippen LogP contribution in [0.3, 0.4) is 0 Å². The number of carbonyl (C=O) groups is 1. The molecule has 31 heavy (non-hydrogen) atoms. The minimum atomic E-state index is -3.96. The largest absolute Gasteiger partial charge is 0.381 e. The molecule has 2 N–H and O–H groups in total. The van der Waals surface area contributed by atoms with Crippen LogP contribution in [0.1, 0.15) is 20.3 Å². The first-order valence-corrected chi connectivity index (χ1v) is 12.1. The van der Waals surface area contributed by atoms with Crippen molar-refractivity contribution in [3.05, 3.63) is 35.8 Å². The van der Waals surface area contributed by atoms with Gasteiger partial charge in [-0.15, -0.1) is 11.3 Å². The van der Waals surface area contributed by atoms with E-state index >= 15 is 0 Å². The van der Waals surface area contributed by atoms with Gasteiger partial charge in [0.15, 0.2) is 4.75 Å². The van der Waals surface area contributed by atoms with Crippen molar-refractivity contribution in [1.29, 1.82) is 0 Å². The summed E-state index contributed by atoms with van der Waals surface area (Å²) in [5, 5.41) is 11.2. The molecule has 0 unspecified atom stereocenters. The van der Waals surface area contributed by atoms with Crippen LogP contribution >= 0.6 is 11.3 Å². The topological polar surface area (TPSA) is 112 Å². The number of hydrogen-bond donors (Lipinski definition) is 2. The number of anilines is 1. The number of rotatable bonds is 5. The van der Waals surface area contributed by atoms with Crippen molar-refractivity contribution in [1.82, 2.24) is 14.8 Å². The Morgan fingerprint density at radius 3 is 2.42 bits per heavy atom. The van der Waals surface area contributed by atoms with Crippen LogP contribution in [0.5, 0.6) is 0 Å². The Hall–Kier alpha value is -2.05. The molecule has 0 aromatic carbocycles.